The van der Waals surface area contributed by atoms with Crippen LogP contribution in [0.3, 0.4) is 0 Å². The zero-order valence-electron chi connectivity index (χ0n) is 14.3. The summed E-state index contributed by atoms with van der Waals surface area (Å²) in [4.78, 5) is 24.1. The molecule has 0 aliphatic carbocycles. The molecular formula is C22H16N2O3. The van der Waals surface area contributed by atoms with Crippen molar-refractivity contribution in [3.8, 4) is 0 Å². The standard InChI is InChI=1S/C22H16N2O3/c25-21(17-11-5-2-6-12-17)20(16-9-3-1-4-10-16)24-23-15-18-13-7-8-14-19(18)22(26)27/h1-15H,(H,26,27)/b23-15+,24-20+. The predicted molar refractivity (Wildman–Crippen MR) is 105 cm³/mol. The van der Waals surface area contributed by atoms with Gasteiger partial charge in [-0.25, -0.2) is 4.79 Å². The summed E-state index contributed by atoms with van der Waals surface area (Å²) in [6.07, 6.45) is 1.34. The van der Waals surface area contributed by atoms with Crippen LogP contribution in [-0.4, -0.2) is 28.8 Å². The molecule has 3 rings (SSSR count). The molecule has 0 atom stereocenters. The third-order valence-corrected chi connectivity index (χ3v) is 3.84. The van der Waals surface area contributed by atoms with E-state index in [2.05, 4.69) is 10.2 Å². The van der Waals surface area contributed by atoms with Crippen molar-refractivity contribution in [2.75, 3.05) is 0 Å². The van der Waals surface area contributed by atoms with E-state index in [1.165, 1.54) is 12.3 Å². The Bertz CT molecular complexity index is 1010. The summed E-state index contributed by atoms with van der Waals surface area (Å²) in [5.41, 5.74) is 1.85. The lowest BCUT2D eigenvalue weighted by atomic mass is 10.0. The lowest BCUT2D eigenvalue weighted by Gasteiger charge is -2.04. The molecule has 0 heterocycles. The normalized spacial score (nSPS) is 11.5. The molecule has 0 aliphatic heterocycles. The zero-order chi connectivity index (χ0) is 19.1. The van der Waals surface area contributed by atoms with Crippen LogP contribution < -0.4 is 0 Å². The van der Waals surface area contributed by atoms with Gasteiger partial charge in [0, 0.05) is 16.7 Å². The molecule has 0 radical (unpaired) electrons. The topological polar surface area (TPSA) is 79.1 Å². The van der Waals surface area contributed by atoms with Crippen molar-refractivity contribution in [3.05, 3.63) is 107 Å². The molecule has 0 spiro atoms. The fraction of sp³-hybridized carbons (Fsp3) is 0. The third-order valence-electron chi connectivity index (χ3n) is 3.84. The molecule has 0 fully saturated rings. The molecule has 0 unspecified atom stereocenters. The average molecular weight is 356 g/mol. The molecule has 1 N–H and O–H groups in total. The molecule has 5 heteroatoms. The van der Waals surface area contributed by atoms with Crippen molar-refractivity contribution in [3.63, 3.8) is 0 Å². The third kappa shape index (κ3) is 4.41. The number of hydrogen-bond donors (Lipinski definition) is 1. The van der Waals surface area contributed by atoms with Gasteiger partial charge in [-0.2, -0.15) is 5.10 Å². The van der Waals surface area contributed by atoms with Crippen molar-refractivity contribution in [1.29, 1.82) is 0 Å². The second kappa shape index (κ2) is 8.49. The first-order valence-corrected chi connectivity index (χ1v) is 8.25. The largest absolute Gasteiger partial charge is 0.478 e. The van der Waals surface area contributed by atoms with E-state index in [9.17, 15) is 14.7 Å². The minimum atomic E-state index is -1.05. The number of hydrogen-bond acceptors (Lipinski definition) is 4. The van der Waals surface area contributed by atoms with Crippen molar-refractivity contribution in [2.24, 2.45) is 10.2 Å². The molecule has 0 aliphatic rings. The smallest absolute Gasteiger partial charge is 0.336 e. The first kappa shape index (κ1) is 17.9. The summed E-state index contributed by atoms with van der Waals surface area (Å²) in [6, 6.07) is 24.3. The van der Waals surface area contributed by atoms with E-state index in [0.717, 1.165) is 0 Å². The molecule has 0 bridgehead atoms. The number of carbonyl (C=O) groups is 2. The van der Waals surface area contributed by atoms with Gasteiger partial charge in [0.2, 0.25) is 5.78 Å². The van der Waals surface area contributed by atoms with Crippen LogP contribution in [0.5, 0.6) is 0 Å². The summed E-state index contributed by atoms with van der Waals surface area (Å²) < 4.78 is 0. The second-order valence-corrected chi connectivity index (χ2v) is 5.65. The SMILES string of the molecule is O=C(/C(=N/N=C/c1ccccc1C(=O)O)c1ccccc1)c1ccccc1. The number of rotatable bonds is 6. The molecule has 0 amide bonds. The highest BCUT2D eigenvalue weighted by Crippen LogP contribution is 2.10. The summed E-state index contributed by atoms with van der Waals surface area (Å²) >= 11 is 0. The van der Waals surface area contributed by atoms with Gasteiger partial charge in [-0.3, -0.25) is 4.79 Å². The fourth-order valence-electron chi connectivity index (χ4n) is 2.51. The van der Waals surface area contributed by atoms with Crippen LogP contribution in [0.25, 0.3) is 0 Å². The van der Waals surface area contributed by atoms with Crippen molar-refractivity contribution in [1.82, 2.24) is 0 Å². The van der Waals surface area contributed by atoms with Crippen LogP contribution in [0.15, 0.2) is 95.1 Å². The molecule has 0 saturated carbocycles. The Balaban J connectivity index is 1.99. The number of nitrogens with zero attached hydrogens (tertiary/aromatic N) is 2. The maximum atomic E-state index is 12.9. The summed E-state index contributed by atoms with van der Waals surface area (Å²) in [5.74, 6) is -1.31. The van der Waals surface area contributed by atoms with Crippen LogP contribution in [0.1, 0.15) is 31.8 Å². The van der Waals surface area contributed by atoms with Gasteiger partial charge in [-0.05, 0) is 6.07 Å². The quantitative estimate of drug-likeness (QED) is 0.410. The first-order valence-electron chi connectivity index (χ1n) is 8.25. The van der Waals surface area contributed by atoms with Gasteiger partial charge in [-0.1, -0.05) is 78.9 Å². The minimum Gasteiger partial charge on any atom is -0.478 e. The van der Waals surface area contributed by atoms with Crippen LogP contribution >= 0.6 is 0 Å². The van der Waals surface area contributed by atoms with Crippen LogP contribution in [0.2, 0.25) is 0 Å². The fourth-order valence-corrected chi connectivity index (χ4v) is 2.51. The summed E-state index contributed by atoms with van der Waals surface area (Å²) in [5, 5.41) is 17.3. The van der Waals surface area contributed by atoms with Crippen molar-refractivity contribution >= 4 is 23.7 Å². The molecule has 5 nitrogen and oxygen atoms in total. The van der Waals surface area contributed by atoms with Crippen LogP contribution in [-0.2, 0) is 0 Å². The van der Waals surface area contributed by atoms with E-state index in [1.807, 2.05) is 24.3 Å². The van der Waals surface area contributed by atoms with Crippen LogP contribution in [0, 0.1) is 0 Å². The van der Waals surface area contributed by atoms with Crippen molar-refractivity contribution < 1.29 is 14.7 Å². The highest BCUT2D eigenvalue weighted by molar-refractivity contribution is 6.51. The van der Waals surface area contributed by atoms with E-state index < -0.39 is 5.97 Å². The van der Waals surface area contributed by atoms with E-state index in [1.54, 1.807) is 54.6 Å². The van der Waals surface area contributed by atoms with Crippen LogP contribution in [0.4, 0.5) is 0 Å². The van der Waals surface area contributed by atoms with Gasteiger partial charge in [0.1, 0.15) is 5.71 Å². The Morgan fingerprint density at radius 3 is 1.93 bits per heavy atom. The van der Waals surface area contributed by atoms with E-state index in [-0.39, 0.29) is 17.1 Å². The molecule has 0 saturated heterocycles. The van der Waals surface area contributed by atoms with E-state index in [4.69, 9.17) is 0 Å². The van der Waals surface area contributed by atoms with Gasteiger partial charge >= 0.3 is 5.97 Å². The Morgan fingerprint density at radius 2 is 1.30 bits per heavy atom. The maximum Gasteiger partial charge on any atom is 0.336 e. The Hall–Kier alpha value is -3.86. The summed E-state index contributed by atoms with van der Waals surface area (Å²) in [6.45, 7) is 0. The van der Waals surface area contributed by atoms with Gasteiger partial charge < -0.3 is 5.11 Å². The van der Waals surface area contributed by atoms with Crippen molar-refractivity contribution in [2.45, 2.75) is 0 Å². The Morgan fingerprint density at radius 1 is 0.741 bits per heavy atom. The molecular weight excluding hydrogens is 340 g/mol. The van der Waals surface area contributed by atoms with Gasteiger partial charge in [0.15, 0.2) is 0 Å². The van der Waals surface area contributed by atoms with E-state index in [0.29, 0.717) is 16.7 Å². The van der Waals surface area contributed by atoms with E-state index >= 15 is 0 Å². The molecule has 3 aromatic rings. The predicted octanol–water partition coefficient (Wildman–Crippen LogP) is 4.09. The summed E-state index contributed by atoms with van der Waals surface area (Å²) in [7, 11) is 0. The lowest BCUT2D eigenvalue weighted by Crippen LogP contribution is -2.15. The molecule has 132 valence electrons. The number of carboxylic acid groups (broad SMARTS) is 1. The number of ketones is 1. The lowest BCUT2D eigenvalue weighted by molar-refractivity contribution is 0.0696. The van der Waals surface area contributed by atoms with Gasteiger partial charge in [0.05, 0.1) is 11.8 Å². The average Bonchev–Trinajstić information content (AvgIpc) is 2.72. The number of carbonyl (C=O) groups excluding carboxylic acids is 1. The minimum absolute atomic E-state index is 0.118. The zero-order valence-corrected chi connectivity index (χ0v) is 14.3. The van der Waals surface area contributed by atoms with Gasteiger partial charge in [0.25, 0.3) is 0 Å². The Labute approximate surface area is 156 Å². The Kier molecular flexibility index (Phi) is 5.64. The van der Waals surface area contributed by atoms with Gasteiger partial charge in [-0.15, -0.1) is 5.10 Å². The maximum absolute atomic E-state index is 12.9. The number of Topliss-reactive ketones (excluding diaryl/α,β-unsaturated/α-hetero) is 1. The first-order chi connectivity index (χ1) is 13.2. The highest BCUT2D eigenvalue weighted by Gasteiger charge is 2.16. The molecule has 27 heavy (non-hydrogen) atoms. The molecule has 0 aromatic heterocycles. The monoisotopic (exact) mass is 356 g/mol. The second-order valence-electron chi connectivity index (χ2n) is 5.65. The number of carboxylic acids is 1. The number of aromatic carboxylic acids is 1. The molecule has 3 aromatic carbocycles. The highest BCUT2D eigenvalue weighted by atomic mass is 16.4. The number of benzene rings is 3.